The van der Waals surface area contributed by atoms with E-state index in [9.17, 15) is 0 Å². The van der Waals surface area contributed by atoms with Gasteiger partial charge in [-0.25, -0.2) is 9.97 Å². The third-order valence-corrected chi connectivity index (χ3v) is 5.98. The van der Waals surface area contributed by atoms with Crippen LogP contribution in [0.4, 0.5) is 0 Å². The SMILES string of the molecule is CC1(C)O[C@H]2[C@H](n3cnc4c(Cl)nc(Cl)nc43)[C@H]3C[C@@]3(C)[C@H]2O1. The maximum Gasteiger partial charge on any atom is 0.225 e. The Balaban J connectivity index is 1.65. The van der Waals surface area contributed by atoms with Gasteiger partial charge in [0.2, 0.25) is 5.28 Å². The molecule has 6 nitrogen and oxygen atoms in total. The third kappa shape index (κ3) is 1.81. The molecule has 0 unspecified atom stereocenters. The van der Waals surface area contributed by atoms with Crippen LogP contribution in [0.5, 0.6) is 0 Å². The van der Waals surface area contributed by atoms with E-state index in [1.807, 2.05) is 18.4 Å². The Morgan fingerprint density at radius 2 is 2.00 bits per heavy atom. The van der Waals surface area contributed by atoms with Crippen LogP contribution in [0, 0.1) is 11.3 Å². The molecule has 2 saturated carbocycles. The molecule has 1 saturated heterocycles. The van der Waals surface area contributed by atoms with Crippen LogP contribution in [0.15, 0.2) is 6.33 Å². The summed E-state index contributed by atoms with van der Waals surface area (Å²) in [4.78, 5) is 12.7. The lowest BCUT2D eigenvalue weighted by atomic mass is 10.0. The largest absolute Gasteiger partial charge is 0.344 e. The first-order valence-corrected chi connectivity index (χ1v) is 8.47. The van der Waals surface area contributed by atoms with Crippen LogP contribution in [0.2, 0.25) is 10.4 Å². The molecule has 0 aromatic carbocycles. The van der Waals surface area contributed by atoms with Gasteiger partial charge in [0.1, 0.15) is 11.6 Å². The summed E-state index contributed by atoms with van der Waals surface area (Å²) in [7, 11) is 0. The number of fused-ring (bicyclic) bond motifs is 4. The maximum absolute atomic E-state index is 6.20. The Labute approximate surface area is 143 Å². The quantitative estimate of drug-likeness (QED) is 0.581. The minimum absolute atomic E-state index is 0.0151. The van der Waals surface area contributed by atoms with E-state index in [1.54, 1.807) is 6.33 Å². The molecule has 23 heavy (non-hydrogen) atoms. The average Bonchev–Trinajstić information content (AvgIpc) is 2.75. The number of imidazole rings is 1. The second kappa shape index (κ2) is 4.17. The van der Waals surface area contributed by atoms with E-state index in [2.05, 4.69) is 21.9 Å². The Morgan fingerprint density at radius 3 is 2.78 bits per heavy atom. The first-order valence-electron chi connectivity index (χ1n) is 7.71. The van der Waals surface area contributed by atoms with Crippen molar-refractivity contribution < 1.29 is 9.47 Å². The van der Waals surface area contributed by atoms with Gasteiger partial charge in [0.15, 0.2) is 16.6 Å². The predicted octanol–water partition coefficient (Wildman–Crippen LogP) is 3.23. The zero-order chi connectivity index (χ0) is 16.1. The lowest BCUT2D eigenvalue weighted by Crippen LogP contribution is -2.31. The van der Waals surface area contributed by atoms with E-state index in [0.29, 0.717) is 17.1 Å². The van der Waals surface area contributed by atoms with Gasteiger partial charge in [0, 0.05) is 5.41 Å². The Morgan fingerprint density at radius 1 is 1.22 bits per heavy atom. The van der Waals surface area contributed by atoms with Crippen molar-refractivity contribution >= 4 is 34.4 Å². The van der Waals surface area contributed by atoms with E-state index < -0.39 is 5.79 Å². The van der Waals surface area contributed by atoms with E-state index in [0.717, 1.165) is 6.42 Å². The zero-order valence-electron chi connectivity index (χ0n) is 13.0. The number of rotatable bonds is 1. The van der Waals surface area contributed by atoms with E-state index in [1.165, 1.54) is 0 Å². The van der Waals surface area contributed by atoms with Gasteiger partial charge in [-0.3, -0.25) is 0 Å². The van der Waals surface area contributed by atoms with Crippen molar-refractivity contribution in [2.45, 2.75) is 51.2 Å². The minimum Gasteiger partial charge on any atom is -0.344 e. The van der Waals surface area contributed by atoms with Crippen molar-refractivity contribution in [3.8, 4) is 0 Å². The average molecular weight is 355 g/mol. The third-order valence-electron chi connectivity index (χ3n) is 5.55. The molecule has 1 aliphatic heterocycles. The molecule has 3 heterocycles. The van der Waals surface area contributed by atoms with Crippen LogP contribution in [0.25, 0.3) is 11.2 Å². The lowest BCUT2D eigenvalue weighted by molar-refractivity contribution is -0.160. The highest BCUT2D eigenvalue weighted by Gasteiger charge is 2.73. The summed E-state index contributed by atoms with van der Waals surface area (Å²) in [5.41, 5.74) is 1.38. The molecule has 0 amide bonds. The molecular formula is C15H16Cl2N4O2. The van der Waals surface area contributed by atoms with Gasteiger partial charge in [-0.05, 0) is 37.8 Å². The van der Waals surface area contributed by atoms with Crippen molar-refractivity contribution in [1.82, 2.24) is 19.5 Å². The second-order valence-corrected chi connectivity index (χ2v) is 8.13. The van der Waals surface area contributed by atoms with Crippen molar-refractivity contribution in [2.75, 3.05) is 0 Å². The lowest BCUT2D eigenvalue weighted by Gasteiger charge is -2.24. The summed E-state index contributed by atoms with van der Waals surface area (Å²) in [5, 5.41) is 0.400. The molecule has 8 heteroatoms. The van der Waals surface area contributed by atoms with Crippen LogP contribution >= 0.6 is 23.2 Å². The molecule has 3 fully saturated rings. The van der Waals surface area contributed by atoms with Crippen LogP contribution < -0.4 is 0 Å². The smallest absolute Gasteiger partial charge is 0.225 e. The second-order valence-electron chi connectivity index (χ2n) is 7.44. The number of hydrogen-bond acceptors (Lipinski definition) is 5. The molecule has 122 valence electrons. The molecule has 3 aliphatic rings. The van der Waals surface area contributed by atoms with Gasteiger partial charge in [-0.15, -0.1) is 0 Å². The van der Waals surface area contributed by atoms with Crippen molar-refractivity contribution in [3.63, 3.8) is 0 Å². The van der Waals surface area contributed by atoms with Crippen molar-refractivity contribution in [1.29, 1.82) is 0 Å². The fourth-order valence-electron chi connectivity index (χ4n) is 4.46. The Bertz CT molecular complexity index is 838. The molecule has 2 aliphatic carbocycles. The number of nitrogens with zero attached hydrogens (tertiary/aromatic N) is 4. The molecule has 5 rings (SSSR count). The summed E-state index contributed by atoms with van der Waals surface area (Å²) in [6, 6.07) is 0.124. The van der Waals surface area contributed by atoms with Crippen molar-refractivity contribution in [2.24, 2.45) is 11.3 Å². The number of halogens is 2. The van der Waals surface area contributed by atoms with Crippen LogP contribution in [-0.4, -0.2) is 37.5 Å². The van der Waals surface area contributed by atoms with Crippen LogP contribution in [0.1, 0.15) is 33.2 Å². The Kier molecular flexibility index (Phi) is 2.61. The normalized spacial score (nSPS) is 40.4. The predicted molar refractivity (Wildman–Crippen MR) is 84.4 cm³/mol. The molecule has 0 bridgehead atoms. The van der Waals surface area contributed by atoms with Crippen LogP contribution in [-0.2, 0) is 9.47 Å². The number of hydrogen-bond donors (Lipinski definition) is 0. The Hall–Kier alpha value is -0.950. The first kappa shape index (κ1) is 14.4. The van der Waals surface area contributed by atoms with E-state index in [-0.39, 0.29) is 34.1 Å². The van der Waals surface area contributed by atoms with Gasteiger partial charge < -0.3 is 14.0 Å². The minimum atomic E-state index is -0.565. The molecule has 2 aromatic rings. The number of ether oxygens (including phenoxy) is 2. The van der Waals surface area contributed by atoms with Gasteiger partial charge in [-0.1, -0.05) is 18.5 Å². The highest BCUT2D eigenvalue weighted by Crippen LogP contribution is 2.71. The molecule has 5 atom stereocenters. The molecular weight excluding hydrogens is 339 g/mol. The topological polar surface area (TPSA) is 62.1 Å². The van der Waals surface area contributed by atoms with Gasteiger partial charge in [0.25, 0.3) is 0 Å². The first-order chi connectivity index (χ1) is 10.8. The zero-order valence-corrected chi connectivity index (χ0v) is 14.5. The highest BCUT2D eigenvalue weighted by molar-refractivity contribution is 6.35. The van der Waals surface area contributed by atoms with E-state index in [4.69, 9.17) is 32.7 Å². The fraction of sp³-hybridized carbons (Fsp3) is 0.667. The molecule has 2 aromatic heterocycles. The number of aromatic nitrogens is 4. The highest BCUT2D eigenvalue weighted by atomic mass is 35.5. The summed E-state index contributed by atoms with van der Waals surface area (Å²) < 4.78 is 14.4. The van der Waals surface area contributed by atoms with Gasteiger partial charge >= 0.3 is 0 Å². The monoisotopic (exact) mass is 354 g/mol. The summed E-state index contributed by atoms with van der Waals surface area (Å²) in [6.07, 6.45) is 2.96. The molecule has 0 N–H and O–H groups in total. The molecule has 0 spiro atoms. The standard InChI is InChI=1S/C15H16Cl2N4O2/c1-14(2)22-9-8(6-4-15(6,3)10(9)23-14)21-5-18-7-11(16)19-13(17)20-12(7)21/h5-6,8-10H,4H2,1-3H3/t6-,8-,9+,10+,15-/m1/s1. The van der Waals surface area contributed by atoms with Gasteiger partial charge in [0.05, 0.1) is 18.5 Å². The summed E-state index contributed by atoms with van der Waals surface area (Å²) >= 11 is 12.1. The van der Waals surface area contributed by atoms with Crippen molar-refractivity contribution in [3.05, 3.63) is 16.8 Å². The maximum atomic E-state index is 6.20. The summed E-state index contributed by atoms with van der Waals surface area (Å²) in [6.45, 7) is 6.20. The van der Waals surface area contributed by atoms with E-state index >= 15 is 0 Å². The summed E-state index contributed by atoms with van der Waals surface area (Å²) in [5.74, 6) is -0.0799. The fourth-order valence-corrected chi connectivity index (χ4v) is 4.88. The molecule has 0 radical (unpaired) electrons. The van der Waals surface area contributed by atoms with Gasteiger partial charge in [-0.2, -0.15) is 4.98 Å². The van der Waals surface area contributed by atoms with Crippen LogP contribution in [0.3, 0.4) is 0 Å².